The molecule has 1 unspecified atom stereocenters. The number of allylic oxidation sites excluding steroid dienone is 2. The number of carbonyl (C=O) groups excluding carboxylic acids is 3. The molecule has 1 atom stereocenters. The van der Waals surface area contributed by atoms with E-state index in [0.29, 0.717) is 19.3 Å². The van der Waals surface area contributed by atoms with Crippen molar-refractivity contribution >= 4 is 17.9 Å². The van der Waals surface area contributed by atoms with E-state index in [4.69, 9.17) is 14.2 Å². The van der Waals surface area contributed by atoms with Crippen molar-refractivity contribution in [1.29, 1.82) is 0 Å². The summed E-state index contributed by atoms with van der Waals surface area (Å²) in [5, 5.41) is 0. The van der Waals surface area contributed by atoms with Crippen LogP contribution in [0.25, 0.3) is 0 Å². The van der Waals surface area contributed by atoms with Crippen LogP contribution in [0, 0.1) is 0 Å². The molecular weight excluding hydrogens is 661 g/mol. The van der Waals surface area contributed by atoms with Crippen molar-refractivity contribution in [2.24, 2.45) is 0 Å². The summed E-state index contributed by atoms with van der Waals surface area (Å²) in [6.45, 7) is 6.54. The van der Waals surface area contributed by atoms with Crippen LogP contribution in [0.1, 0.15) is 252 Å². The lowest BCUT2D eigenvalue weighted by Gasteiger charge is -2.18. The lowest BCUT2D eigenvalue weighted by atomic mass is 10.1. The van der Waals surface area contributed by atoms with Gasteiger partial charge in [-0.3, -0.25) is 14.4 Å². The minimum absolute atomic E-state index is 0.0683. The Morgan fingerprint density at radius 2 is 0.623 bits per heavy atom. The summed E-state index contributed by atoms with van der Waals surface area (Å²) in [7, 11) is 0. The molecule has 0 rings (SSSR count). The fourth-order valence-corrected chi connectivity index (χ4v) is 6.73. The number of esters is 3. The van der Waals surface area contributed by atoms with Gasteiger partial charge in [0.1, 0.15) is 13.2 Å². The fraction of sp³-hybridized carbons (Fsp3) is 0.894. The Labute approximate surface area is 329 Å². The second-order valence-corrected chi connectivity index (χ2v) is 15.7. The average Bonchev–Trinajstić information content (AvgIpc) is 3.15. The molecule has 312 valence electrons. The molecule has 0 saturated heterocycles. The maximum absolute atomic E-state index is 12.6. The Morgan fingerprint density at radius 1 is 0.358 bits per heavy atom. The van der Waals surface area contributed by atoms with Crippen molar-refractivity contribution in [3.63, 3.8) is 0 Å². The van der Waals surface area contributed by atoms with Crippen molar-refractivity contribution in [3.05, 3.63) is 12.2 Å². The van der Waals surface area contributed by atoms with E-state index in [2.05, 4.69) is 32.9 Å². The van der Waals surface area contributed by atoms with E-state index >= 15 is 0 Å². The predicted octanol–water partition coefficient (Wildman–Crippen LogP) is 14.6. The van der Waals surface area contributed by atoms with Crippen molar-refractivity contribution < 1.29 is 28.6 Å². The maximum atomic E-state index is 12.6. The van der Waals surface area contributed by atoms with Crippen LogP contribution in [-0.4, -0.2) is 37.2 Å². The van der Waals surface area contributed by atoms with Crippen molar-refractivity contribution in [3.8, 4) is 0 Å². The number of unbranched alkanes of at least 4 members (excludes halogenated alkanes) is 29. The SMILES string of the molecule is CCCCCCCCCC/C=C\CCCCCCCCCCCC(=O)OCC(COC(=O)CCCCCCC)OC(=O)CCCCCCCCCCC. The molecule has 0 amide bonds. The third-order valence-corrected chi connectivity index (χ3v) is 10.3. The zero-order valence-electron chi connectivity index (χ0n) is 35.6. The first kappa shape index (κ1) is 51.1. The Balaban J connectivity index is 4.06. The van der Waals surface area contributed by atoms with E-state index in [1.54, 1.807) is 0 Å². The average molecular weight is 749 g/mol. The number of rotatable bonds is 42. The number of ether oxygens (including phenoxy) is 3. The zero-order chi connectivity index (χ0) is 38.7. The third-order valence-electron chi connectivity index (χ3n) is 10.3. The quantitative estimate of drug-likeness (QED) is 0.0268. The van der Waals surface area contributed by atoms with E-state index in [9.17, 15) is 14.4 Å². The molecule has 0 radical (unpaired) electrons. The molecule has 0 aromatic heterocycles. The predicted molar refractivity (Wildman–Crippen MR) is 224 cm³/mol. The first-order chi connectivity index (χ1) is 26.0. The van der Waals surface area contributed by atoms with Crippen LogP contribution >= 0.6 is 0 Å². The van der Waals surface area contributed by atoms with Gasteiger partial charge in [0.05, 0.1) is 0 Å². The van der Waals surface area contributed by atoms with Gasteiger partial charge in [-0.05, 0) is 44.9 Å². The van der Waals surface area contributed by atoms with E-state index in [1.165, 1.54) is 148 Å². The molecule has 0 saturated carbocycles. The lowest BCUT2D eigenvalue weighted by molar-refractivity contribution is -0.167. The van der Waals surface area contributed by atoms with Crippen molar-refractivity contribution in [1.82, 2.24) is 0 Å². The summed E-state index contributed by atoms with van der Waals surface area (Å²) in [6.07, 6.45) is 45.2. The van der Waals surface area contributed by atoms with Gasteiger partial charge in [0.15, 0.2) is 6.10 Å². The van der Waals surface area contributed by atoms with Crippen molar-refractivity contribution in [2.75, 3.05) is 13.2 Å². The van der Waals surface area contributed by atoms with Gasteiger partial charge < -0.3 is 14.2 Å². The molecule has 53 heavy (non-hydrogen) atoms. The van der Waals surface area contributed by atoms with Gasteiger partial charge >= 0.3 is 17.9 Å². The molecule has 0 spiro atoms. The highest BCUT2D eigenvalue weighted by Crippen LogP contribution is 2.15. The molecule has 0 aliphatic rings. The minimum Gasteiger partial charge on any atom is -0.462 e. The summed E-state index contributed by atoms with van der Waals surface area (Å²) in [5.41, 5.74) is 0. The second-order valence-electron chi connectivity index (χ2n) is 15.7. The van der Waals surface area contributed by atoms with Crippen LogP contribution in [0.2, 0.25) is 0 Å². The van der Waals surface area contributed by atoms with Gasteiger partial charge in [-0.25, -0.2) is 0 Å². The van der Waals surface area contributed by atoms with Crippen molar-refractivity contribution in [2.45, 2.75) is 258 Å². The summed E-state index contributed by atoms with van der Waals surface area (Å²) in [4.78, 5) is 37.4. The first-order valence-corrected chi connectivity index (χ1v) is 23.2. The van der Waals surface area contributed by atoms with Gasteiger partial charge in [0, 0.05) is 19.3 Å². The molecule has 0 aromatic rings. The monoisotopic (exact) mass is 749 g/mol. The Morgan fingerprint density at radius 3 is 0.943 bits per heavy atom. The summed E-state index contributed by atoms with van der Waals surface area (Å²) >= 11 is 0. The Bertz CT molecular complexity index is 824. The van der Waals surface area contributed by atoms with Crippen LogP contribution in [0.4, 0.5) is 0 Å². The summed E-state index contributed by atoms with van der Waals surface area (Å²) < 4.78 is 16.6. The highest BCUT2D eigenvalue weighted by molar-refractivity contribution is 5.71. The van der Waals surface area contributed by atoms with E-state index < -0.39 is 6.10 Å². The standard InChI is InChI=1S/C47H88O6/c1-4-7-10-13-15-17-18-19-20-21-22-23-24-25-26-27-28-30-31-34-37-40-46(49)52-43-44(42-51-45(48)39-36-33-12-9-6-3)53-47(50)41-38-35-32-29-16-14-11-8-5-2/h21-22,44H,4-20,23-43H2,1-3H3/b22-21-. The van der Waals surface area contributed by atoms with Crippen LogP contribution in [0.15, 0.2) is 12.2 Å². The van der Waals surface area contributed by atoms with Gasteiger partial charge in [-0.2, -0.15) is 0 Å². The van der Waals surface area contributed by atoms with Gasteiger partial charge in [-0.15, -0.1) is 0 Å². The second kappa shape index (κ2) is 42.9. The molecule has 0 heterocycles. The molecule has 0 bridgehead atoms. The Hall–Kier alpha value is -1.85. The molecule has 0 aromatic carbocycles. The van der Waals surface area contributed by atoms with Crippen LogP contribution in [0.3, 0.4) is 0 Å². The molecule has 0 N–H and O–H groups in total. The normalized spacial score (nSPS) is 12.0. The Kier molecular flexibility index (Phi) is 41.4. The zero-order valence-corrected chi connectivity index (χ0v) is 35.6. The molecule has 6 nitrogen and oxygen atoms in total. The van der Waals surface area contributed by atoms with Crippen LogP contribution in [-0.2, 0) is 28.6 Å². The topological polar surface area (TPSA) is 78.9 Å². The van der Waals surface area contributed by atoms with Gasteiger partial charge in [-0.1, -0.05) is 200 Å². The van der Waals surface area contributed by atoms with Crippen LogP contribution in [0.5, 0.6) is 0 Å². The maximum Gasteiger partial charge on any atom is 0.306 e. The highest BCUT2D eigenvalue weighted by atomic mass is 16.6. The van der Waals surface area contributed by atoms with Crippen LogP contribution < -0.4 is 0 Å². The van der Waals surface area contributed by atoms with E-state index in [-0.39, 0.29) is 31.1 Å². The third kappa shape index (κ3) is 41.2. The lowest BCUT2D eigenvalue weighted by Crippen LogP contribution is -2.30. The molecule has 0 aliphatic carbocycles. The summed E-state index contributed by atoms with van der Waals surface area (Å²) in [6, 6.07) is 0. The van der Waals surface area contributed by atoms with Gasteiger partial charge in [0.2, 0.25) is 0 Å². The number of hydrogen-bond donors (Lipinski definition) is 0. The number of hydrogen-bond acceptors (Lipinski definition) is 6. The molecule has 6 heteroatoms. The largest absolute Gasteiger partial charge is 0.462 e. The first-order valence-electron chi connectivity index (χ1n) is 23.2. The molecular formula is C47H88O6. The molecule has 0 fully saturated rings. The van der Waals surface area contributed by atoms with E-state index in [1.807, 2.05) is 0 Å². The van der Waals surface area contributed by atoms with E-state index in [0.717, 1.165) is 64.2 Å². The van der Waals surface area contributed by atoms with Gasteiger partial charge in [0.25, 0.3) is 0 Å². The smallest absolute Gasteiger partial charge is 0.306 e. The fourth-order valence-electron chi connectivity index (χ4n) is 6.73. The molecule has 0 aliphatic heterocycles. The summed E-state index contributed by atoms with van der Waals surface area (Å²) in [5.74, 6) is -0.880. The number of carbonyl (C=O) groups is 3. The highest BCUT2D eigenvalue weighted by Gasteiger charge is 2.19. The minimum atomic E-state index is -0.759.